The predicted octanol–water partition coefficient (Wildman–Crippen LogP) is 11.9. The Bertz CT molecular complexity index is 1860. The van der Waals surface area contributed by atoms with Gasteiger partial charge in [-0.15, -0.1) is 0 Å². The molecule has 0 bridgehead atoms. The molecule has 210 valence electrons. The monoisotopic (exact) mass is 618 g/mol. The molecular weight excluding hydrogens is 584 g/mol. The molecule has 0 radical (unpaired) electrons. The van der Waals surface area contributed by atoms with Gasteiger partial charge in [0.1, 0.15) is 0 Å². The molecule has 1 heteroatoms. The van der Waals surface area contributed by atoms with E-state index in [0.717, 1.165) is 17.3 Å². The van der Waals surface area contributed by atoms with Crippen molar-refractivity contribution in [2.75, 3.05) is 0 Å². The Kier molecular flexibility index (Phi) is 7.37. The second-order valence-corrected chi connectivity index (χ2v) is 13.2. The fourth-order valence-corrected chi connectivity index (χ4v) is 7.08. The van der Waals surface area contributed by atoms with E-state index in [1.54, 1.807) is 0 Å². The zero-order valence-corrected chi connectivity index (χ0v) is 26.3. The van der Waals surface area contributed by atoms with Crippen molar-refractivity contribution < 1.29 is 0 Å². The molecule has 0 N–H and O–H groups in total. The zero-order valence-electron chi connectivity index (χ0n) is 24.7. The first-order chi connectivity index (χ1) is 21.0. The number of aryl methyl sites for hydroxylation is 1. The quantitative estimate of drug-likeness (QED) is 0.167. The molecule has 1 aliphatic carbocycles. The van der Waals surface area contributed by atoms with Crippen LogP contribution in [0.5, 0.6) is 0 Å². The van der Waals surface area contributed by atoms with Crippen LogP contribution in [0.3, 0.4) is 0 Å². The topological polar surface area (TPSA) is 0 Å². The Morgan fingerprint density at radius 2 is 1.05 bits per heavy atom. The maximum atomic E-state index is 3.55. The number of benzene rings is 6. The fraction of sp³-hybridized carbons (Fsp3) is 0.143. The average molecular weight is 620 g/mol. The first-order valence-electron chi connectivity index (χ1n) is 15.2. The van der Waals surface area contributed by atoms with Crippen LogP contribution in [0.15, 0.2) is 150 Å². The summed E-state index contributed by atoms with van der Waals surface area (Å²) in [4.78, 5) is 0. The summed E-state index contributed by atoms with van der Waals surface area (Å²) in [7, 11) is 0. The van der Waals surface area contributed by atoms with Crippen LogP contribution in [-0.4, -0.2) is 0 Å². The van der Waals surface area contributed by atoms with E-state index in [0.29, 0.717) is 5.92 Å². The van der Waals surface area contributed by atoms with Crippen LogP contribution in [-0.2, 0) is 11.8 Å². The van der Waals surface area contributed by atoms with Crippen molar-refractivity contribution >= 4 is 15.9 Å². The predicted molar refractivity (Wildman–Crippen MR) is 186 cm³/mol. The minimum absolute atomic E-state index is 0.00743. The second kappa shape index (κ2) is 11.5. The third-order valence-corrected chi connectivity index (χ3v) is 9.81. The molecule has 7 rings (SSSR count). The molecule has 6 aromatic rings. The SMILES string of the molecule is CC1(C)c2ccccc2-c2ccc(C(CCc3ccc(-c4ccc(Br)cc4)cc3)c3ccc(-c4ccccc4)cc3)cc21. The zero-order chi connectivity index (χ0) is 29.4. The summed E-state index contributed by atoms with van der Waals surface area (Å²) in [5.41, 5.74) is 14.8. The van der Waals surface area contributed by atoms with E-state index in [1.807, 2.05) is 0 Å². The molecule has 0 saturated heterocycles. The van der Waals surface area contributed by atoms with Gasteiger partial charge in [-0.2, -0.15) is 0 Å². The molecule has 0 spiro atoms. The van der Waals surface area contributed by atoms with E-state index < -0.39 is 0 Å². The molecule has 0 heterocycles. The maximum Gasteiger partial charge on any atom is 0.0175 e. The summed E-state index contributed by atoms with van der Waals surface area (Å²) < 4.78 is 1.11. The van der Waals surface area contributed by atoms with Gasteiger partial charge in [0, 0.05) is 15.8 Å². The third-order valence-electron chi connectivity index (χ3n) is 9.28. The lowest BCUT2D eigenvalue weighted by molar-refractivity contribution is 0.654. The van der Waals surface area contributed by atoms with E-state index in [1.165, 1.54) is 61.2 Å². The lowest BCUT2D eigenvalue weighted by Crippen LogP contribution is -2.15. The van der Waals surface area contributed by atoms with E-state index in [2.05, 4.69) is 175 Å². The van der Waals surface area contributed by atoms with Crippen LogP contribution in [0.1, 0.15) is 54.0 Å². The molecule has 6 aromatic carbocycles. The van der Waals surface area contributed by atoms with Crippen LogP contribution in [0.25, 0.3) is 33.4 Å². The highest BCUT2D eigenvalue weighted by Gasteiger charge is 2.35. The van der Waals surface area contributed by atoms with Gasteiger partial charge in [-0.3, -0.25) is 0 Å². The number of rotatable bonds is 7. The summed E-state index contributed by atoms with van der Waals surface area (Å²) in [6, 6.07) is 53.8. The van der Waals surface area contributed by atoms with Crippen LogP contribution in [0.2, 0.25) is 0 Å². The maximum absolute atomic E-state index is 3.55. The van der Waals surface area contributed by atoms with E-state index in [4.69, 9.17) is 0 Å². The van der Waals surface area contributed by atoms with E-state index >= 15 is 0 Å². The molecule has 0 aromatic heterocycles. The Morgan fingerprint density at radius 1 is 0.512 bits per heavy atom. The van der Waals surface area contributed by atoms with E-state index in [9.17, 15) is 0 Å². The van der Waals surface area contributed by atoms with Crippen LogP contribution in [0, 0.1) is 0 Å². The standard InChI is InChI=1S/C42H35Br/c1-42(2)40-11-7-6-10-38(40)39-27-23-35(28-41(39)42)37(34-19-17-32(18-20-34)30-8-4-3-5-9-30)26-14-29-12-15-31(16-13-29)33-21-24-36(43)25-22-33/h3-13,15-25,27-28,37H,14,26H2,1-2H3. The van der Waals surface area contributed by atoms with Gasteiger partial charge in [0.25, 0.3) is 0 Å². The highest BCUT2D eigenvalue weighted by Crippen LogP contribution is 2.49. The number of fused-ring (bicyclic) bond motifs is 3. The Balaban J connectivity index is 1.21. The molecular formula is C42H35Br. The molecule has 0 fully saturated rings. The molecule has 43 heavy (non-hydrogen) atoms. The minimum atomic E-state index is -0.00743. The average Bonchev–Trinajstić information content (AvgIpc) is 3.28. The Hall–Kier alpha value is -4.20. The summed E-state index contributed by atoms with van der Waals surface area (Å²) in [6.45, 7) is 4.75. The number of halogens is 1. The van der Waals surface area contributed by atoms with Gasteiger partial charge < -0.3 is 0 Å². The number of hydrogen-bond donors (Lipinski definition) is 0. The molecule has 0 nitrogen and oxygen atoms in total. The molecule has 1 aliphatic rings. The lowest BCUT2D eigenvalue weighted by Gasteiger charge is -2.24. The molecule has 1 atom stereocenters. The van der Waals surface area contributed by atoms with Gasteiger partial charge in [-0.05, 0) is 86.2 Å². The van der Waals surface area contributed by atoms with Gasteiger partial charge in [0.2, 0.25) is 0 Å². The van der Waals surface area contributed by atoms with Gasteiger partial charge in [0.15, 0.2) is 0 Å². The van der Waals surface area contributed by atoms with Crippen LogP contribution < -0.4 is 0 Å². The highest BCUT2D eigenvalue weighted by molar-refractivity contribution is 9.10. The highest BCUT2D eigenvalue weighted by atomic mass is 79.9. The molecule has 0 aliphatic heterocycles. The number of hydrogen-bond acceptors (Lipinski definition) is 0. The summed E-state index contributed by atoms with van der Waals surface area (Å²) in [6.07, 6.45) is 2.07. The lowest BCUT2D eigenvalue weighted by atomic mass is 9.79. The smallest absolute Gasteiger partial charge is 0.0175 e. The first kappa shape index (κ1) is 27.6. The minimum Gasteiger partial charge on any atom is -0.0622 e. The van der Waals surface area contributed by atoms with Crippen molar-refractivity contribution in [3.05, 3.63) is 178 Å². The normalized spacial score (nSPS) is 13.7. The summed E-state index contributed by atoms with van der Waals surface area (Å²) in [5.74, 6) is 0.306. The fourth-order valence-electron chi connectivity index (χ4n) is 6.82. The summed E-state index contributed by atoms with van der Waals surface area (Å²) in [5, 5.41) is 0. The van der Waals surface area contributed by atoms with Gasteiger partial charge >= 0.3 is 0 Å². The van der Waals surface area contributed by atoms with E-state index in [-0.39, 0.29) is 5.41 Å². The largest absolute Gasteiger partial charge is 0.0622 e. The Labute approximate surface area is 264 Å². The van der Waals surface area contributed by atoms with Crippen LogP contribution >= 0.6 is 15.9 Å². The van der Waals surface area contributed by atoms with Crippen molar-refractivity contribution in [3.63, 3.8) is 0 Å². The Morgan fingerprint density at radius 3 is 1.74 bits per heavy atom. The molecule has 0 saturated carbocycles. The third kappa shape index (κ3) is 5.39. The second-order valence-electron chi connectivity index (χ2n) is 12.3. The molecule has 0 amide bonds. The van der Waals surface area contributed by atoms with Crippen molar-refractivity contribution in [1.82, 2.24) is 0 Å². The van der Waals surface area contributed by atoms with Gasteiger partial charge in [0.05, 0.1) is 0 Å². The van der Waals surface area contributed by atoms with Crippen molar-refractivity contribution in [1.29, 1.82) is 0 Å². The van der Waals surface area contributed by atoms with Crippen LogP contribution in [0.4, 0.5) is 0 Å². The van der Waals surface area contributed by atoms with Gasteiger partial charge in [-0.25, -0.2) is 0 Å². The van der Waals surface area contributed by atoms with Crippen molar-refractivity contribution in [2.45, 2.75) is 38.0 Å². The summed E-state index contributed by atoms with van der Waals surface area (Å²) >= 11 is 3.55. The van der Waals surface area contributed by atoms with Crippen molar-refractivity contribution in [2.24, 2.45) is 0 Å². The molecule has 1 unspecified atom stereocenters. The first-order valence-corrected chi connectivity index (χ1v) is 16.0. The van der Waals surface area contributed by atoms with Crippen molar-refractivity contribution in [3.8, 4) is 33.4 Å². The van der Waals surface area contributed by atoms with Gasteiger partial charge in [-0.1, -0.05) is 163 Å².